The highest BCUT2D eigenvalue weighted by atomic mass is 32.2. The summed E-state index contributed by atoms with van der Waals surface area (Å²) < 4.78 is 28.5. The van der Waals surface area contributed by atoms with Crippen LogP contribution in [0.2, 0.25) is 0 Å². The van der Waals surface area contributed by atoms with Crippen LogP contribution in [-0.4, -0.2) is 54.4 Å². The normalized spacial score (nSPS) is 41.6. The molecule has 2 heterocycles. The minimum atomic E-state index is -3.30. The molecule has 2 saturated heterocycles. The van der Waals surface area contributed by atoms with E-state index in [4.69, 9.17) is 0 Å². The lowest BCUT2D eigenvalue weighted by molar-refractivity contribution is 0.129. The van der Waals surface area contributed by atoms with Crippen molar-refractivity contribution in [2.75, 3.05) is 26.2 Å². The van der Waals surface area contributed by atoms with Crippen molar-refractivity contribution in [3.05, 3.63) is 0 Å². The molecule has 0 aromatic heterocycles. The summed E-state index contributed by atoms with van der Waals surface area (Å²) in [5.41, 5.74) is 0. The Labute approximate surface area is 115 Å². The second-order valence-electron chi connectivity index (χ2n) is 6.50. The lowest BCUT2D eigenvalue weighted by Gasteiger charge is -2.33. The molecule has 4 unspecified atom stereocenters. The number of hydrogen-bond donors (Lipinski definition) is 1. The monoisotopic (exact) mass is 288 g/mol. The molecule has 1 saturated carbocycles. The SMILES string of the molecule is CC1CCCN(S(=O)(=O)N2CC3CCC(O)C3C2)C1. The standard InChI is InChI=1S/C13H24N2O3S/c1-10-3-2-6-14(7-10)19(17,18)15-8-11-4-5-13(16)12(11)9-15/h10-13,16H,2-9H2,1H3. The van der Waals surface area contributed by atoms with Crippen LogP contribution in [0.4, 0.5) is 0 Å². The van der Waals surface area contributed by atoms with Crippen molar-refractivity contribution < 1.29 is 13.5 Å². The summed E-state index contributed by atoms with van der Waals surface area (Å²) >= 11 is 0. The first kappa shape index (κ1) is 13.8. The average Bonchev–Trinajstić information content (AvgIpc) is 2.92. The van der Waals surface area contributed by atoms with Crippen molar-refractivity contribution in [1.29, 1.82) is 0 Å². The molecular weight excluding hydrogens is 264 g/mol. The molecule has 3 aliphatic rings. The third kappa shape index (κ3) is 2.44. The van der Waals surface area contributed by atoms with Gasteiger partial charge in [-0.2, -0.15) is 17.0 Å². The van der Waals surface area contributed by atoms with Gasteiger partial charge in [-0.3, -0.25) is 0 Å². The van der Waals surface area contributed by atoms with Gasteiger partial charge in [-0.1, -0.05) is 6.92 Å². The van der Waals surface area contributed by atoms with Crippen LogP contribution in [-0.2, 0) is 10.2 Å². The Morgan fingerprint density at radius 2 is 1.84 bits per heavy atom. The highest BCUT2D eigenvalue weighted by Gasteiger charge is 2.47. The van der Waals surface area contributed by atoms with Crippen LogP contribution in [0.3, 0.4) is 0 Å². The molecule has 0 bridgehead atoms. The number of nitrogens with zero attached hydrogens (tertiary/aromatic N) is 2. The van der Waals surface area contributed by atoms with Gasteiger partial charge in [0, 0.05) is 32.1 Å². The maximum atomic E-state index is 12.6. The second kappa shape index (κ2) is 4.98. The molecule has 3 rings (SSSR count). The van der Waals surface area contributed by atoms with E-state index in [9.17, 15) is 13.5 Å². The summed E-state index contributed by atoms with van der Waals surface area (Å²) in [7, 11) is -3.30. The first-order valence-electron chi connectivity index (χ1n) is 7.42. The van der Waals surface area contributed by atoms with Crippen molar-refractivity contribution in [3.63, 3.8) is 0 Å². The van der Waals surface area contributed by atoms with Crippen LogP contribution in [0, 0.1) is 17.8 Å². The van der Waals surface area contributed by atoms with Crippen LogP contribution in [0.25, 0.3) is 0 Å². The van der Waals surface area contributed by atoms with Gasteiger partial charge in [-0.15, -0.1) is 0 Å². The molecule has 0 aromatic carbocycles. The Kier molecular flexibility index (Phi) is 3.62. The minimum Gasteiger partial charge on any atom is -0.393 e. The van der Waals surface area contributed by atoms with Gasteiger partial charge in [0.15, 0.2) is 0 Å². The number of fused-ring (bicyclic) bond motifs is 1. The molecule has 3 fully saturated rings. The maximum Gasteiger partial charge on any atom is 0.282 e. The molecule has 19 heavy (non-hydrogen) atoms. The summed E-state index contributed by atoms with van der Waals surface area (Å²) in [6.45, 7) is 4.54. The molecule has 0 aromatic rings. The Hall–Kier alpha value is -0.170. The number of rotatable bonds is 2. The topological polar surface area (TPSA) is 60.9 Å². The van der Waals surface area contributed by atoms with Gasteiger partial charge in [0.05, 0.1) is 6.10 Å². The zero-order valence-corrected chi connectivity index (χ0v) is 12.3. The fourth-order valence-corrected chi connectivity index (χ4v) is 5.77. The average molecular weight is 288 g/mol. The van der Waals surface area contributed by atoms with Crippen LogP contribution in [0.5, 0.6) is 0 Å². The van der Waals surface area contributed by atoms with E-state index in [-0.39, 0.29) is 12.0 Å². The summed E-state index contributed by atoms with van der Waals surface area (Å²) in [4.78, 5) is 0. The fourth-order valence-electron chi connectivity index (χ4n) is 3.90. The first-order chi connectivity index (χ1) is 8.98. The second-order valence-corrected chi connectivity index (χ2v) is 8.43. The molecule has 1 N–H and O–H groups in total. The molecule has 6 heteroatoms. The molecule has 5 nitrogen and oxygen atoms in total. The van der Waals surface area contributed by atoms with Crippen molar-refractivity contribution in [1.82, 2.24) is 8.61 Å². The predicted octanol–water partition coefficient (Wildman–Crippen LogP) is 0.666. The van der Waals surface area contributed by atoms with E-state index < -0.39 is 10.2 Å². The zero-order valence-electron chi connectivity index (χ0n) is 11.5. The van der Waals surface area contributed by atoms with Crippen LogP contribution >= 0.6 is 0 Å². The van der Waals surface area contributed by atoms with Crippen molar-refractivity contribution >= 4 is 10.2 Å². The zero-order chi connectivity index (χ0) is 13.6. The molecule has 4 atom stereocenters. The van der Waals surface area contributed by atoms with Gasteiger partial charge in [-0.05, 0) is 37.5 Å². The smallest absolute Gasteiger partial charge is 0.282 e. The van der Waals surface area contributed by atoms with Gasteiger partial charge in [0.2, 0.25) is 0 Å². The van der Waals surface area contributed by atoms with E-state index in [1.807, 2.05) is 0 Å². The van der Waals surface area contributed by atoms with Gasteiger partial charge in [0.25, 0.3) is 10.2 Å². The van der Waals surface area contributed by atoms with Crippen LogP contribution < -0.4 is 0 Å². The summed E-state index contributed by atoms with van der Waals surface area (Å²) in [6.07, 6.45) is 3.59. The summed E-state index contributed by atoms with van der Waals surface area (Å²) in [6, 6.07) is 0. The molecule has 110 valence electrons. The van der Waals surface area contributed by atoms with Gasteiger partial charge in [-0.25, -0.2) is 0 Å². The van der Waals surface area contributed by atoms with E-state index >= 15 is 0 Å². The third-order valence-electron chi connectivity index (χ3n) is 5.06. The molecule has 1 aliphatic carbocycles. The number of piperidine rings is 1. The van der Waals surface area contributed by atoms with Crippen molar-refractivity contribution in [3.8, 4) is 0 Å². The molecule has 0 radical (unpaired) electrons. The van der Waals surface area contributed by atoms with E-state index in [2.05, 4.69) is 6.92 Å². The predicted molar refractivity (Wildman–Crippen MR) is 72.7 cm³/mol. The van der Waals surface area contributed by atoms with Gasteiger partial charge in [0.1, 0.15) is 0 Å². The Morgan fingerprint density at radius 3 is 2.53 bits per heavy atom. The number of aliphatic hydroxyl groups excluding tert-OH is 1. The molecule has 0 amide bonds. The largest absolute Gasteiger partial charge is 0.393 e. The molecule has 0 spiro atoms. The van der Waals surface area contributed by atoms with Crippen molar-refractivity contribution in [2.24, 2.45) is 17.8 Å². The van der Waals surface area contributed by atoms with Crippen molar-refractivity contribution in [2.45, 2.75) is 38.7 Å². The lowest BCUT2D eigenvalue weighted by atomic mass is 10.00. The van der Waals surface area contributed by atoms with Gasteiger partial charge >= 0.3 is 0 Å². The van der Waals surface area contributed by atoms with E-state index in [1.54, 1.807) is 8.61 Å². The van der Waals surface area contributed by atoms with Gasteiger partial charge < -0.3 is 5.11 Å². The fraction of sp³-hybridized carbons (Fsp3) is 1.00. The Balaban J connectivity index is 1.71. The number of hydrogen-bond acceptors (Lipinski definition) is 3. The Bertz CT molecular complexity index is 439. The van der Waals surface area contributed by atoms with Crippen LogP contribution in [0.1, 0.15) is 32.6 Å². The quantitative estimate of drug-likeness (QED) is 0.812. The van der Waals surface area contributed by atoms with E-state index in [0.717, 1.165) is 25.7 Å². The highest BCUT2D eigenvalue weighted by molar-refractivity contribution is 7.86. The Morgan fingerprint density at radius 1 is 1.05 bits per heavy atom. The lowest BCUT2D eigenvalue weighted by Crippen LogP contribution is -2.47. The minimum absolute atomic E-state index is 0.164. The number of aliphatic hydroxyl groups is 1. The molecule has 2 aliphatic heterocycles. The highest BCUT2D eigenvalue weighted by Crippen LogP contribution is 2.39. The maximum absolute atomic E-state index is 12.6. The van der Waals surface area contributed by atoms with Crippen LogP contribution in [0.15, 0.2) is 0 Å². The van der Waals surface area contributed by atoms with E-state index in [1.165, 1.54) is 0 Å². The molecular formula is C13H24N2O3S. The summed E-state index contributed by atoms with van der Waals surface area (Å²) in [5, 5.41) is 9.90. The first-order valence-corrected chi connectivity index (χ1v) is 8.81. The van der Waals surface area contributed by atoms with E-state index in [0.29, 0.717) is 38.0 Å². The summed E-state index contributed by atoms with van der Waals surface area (Å²) in [5.74, 6) is 0.986. The third-order valence-corrected chi connectivity index (χ3v) is 6.99.